The van der Waals surface area contributed by atoms with Gasteiger partial charge in [-0.25, -0.2) is 13.3 Å². The molecular formula is C27H30ClNO5S. The number of fused-ring (bicyclic) bond motifs is 1. The lowest BCUT2D eigenvalue weighted by Gasteiger charge is -2.28. The Bertz CT molecular complexity index is 1290. The normalized spacial score (nSPS) is 20.4. The maximum atomic E-state index is 13.0. The van der Waals surface area contributed by atoms with E-state index < -0.39 is 15.7 Å². The monoisotopic (exact) mass is 515 g/mol. The van der Waals surface area contributed by atoms with Crippen LogP contribution in [0.3, 0.4) is 0 Å². The molecule has 0 atom stereocenters. The van der Waals surface area contributed by atoms with Crippen molar-refractivity contribution in [3.8, 4) is 0 Å². The second kappa shape index (κ2) is 9.86. The summed E-state index contributed by atoms with van der Waals surface area (Å²) in [6.45, 7) is 5.24. The fraction of sp³-hybridized carbons (Fsp3) is 0.444. The van der Waals surface area contributed by atoms with Crippen molar-refractivity contribution in [1.82, 2.24) is 0 Å². The number of aryl methyl sites for hydroxylation is 1. The largest absolute Gasteiger partial charge is 0.299 e. The van der Waals surface area contributed by atoms with Crippen LogP contribution in [0.4, 0.5) is 5.69 Å². The number of rotatable bonds is 7. The number of nitrogens with zero attached hydrogens (tertiary/aromatic N) is 1. The Morgan fingerprint density at radius 2 is 1.66 bits per heavy atom. The van der Waals surface area contributed by atoms with Gasteiger partial charge in [0.2, 0.25) is 0 Å². The topological polar surface area (TPSA) is 88.6 Å². The minimum atomic E-state index is -3.07. The molecule has 2 aromatic carbocycles. The molecule has 1 aliphatic carbocycles. The minimum absolute atomic E-state index is 0.0611. The van der Waals surface area contributed by atoms with E-state index in [-0.39, 0.29) is 46.5 Å². The van der Waals surface area contributed by atoms with Gasteiger partial charge in [0.25, 0.3) is 11.8 Å². The first kappa shape index (κ1) is 25.6. The number of sulfone groups is 1. The number of benzene rings is 2. The van der Waals surface area contributed by atoms with E-state index in [2.05, 4.69) is 0 Å². The number of carbonyl (C=O) groups excluding carboxylic acids is 3. The molecule has 35 heavy (non-hydrogen) atoms. The molecule has 1 heterocycles. The SMILES string of the molecule is Cc1cc(CC(=O)C2CCC(CS(=O)(=O)C(C)C)CC2)ccc1N1C(=O)c2ccc(Cl)cc2C1=O. The molecule has 0 spiro atoms. The van der Waals surface area contributed by atoms with E-state index in [4.69, 9.17) is 11.6 Å². The zero-order chi connectivity index (χ0) is 25.5. The number of halogens is 1. The number of anilines is 1. The third-order valence-corrected chi connectivity index (χ3v) is 9.82. The van der Waals surface area contributed by atoms with E-state index in [1.165, 1.54) is 6.07 Å². The highest BCUT2D eigenvalue weighted by atomic mass is 35.5. The van der Waals surface area contributed by atoms with Gasteiger partial charge in [0.1, 0.15) is 5.78 Å². The molecule has 6 nitrogen and oxygen atoms in total. The summed E-state index contributed by atoms with van der Waals surface area (Å²) in [4.78, 5) is 39.9. The molecule has 1 saturated carbocycles. The van der Waals surface area contributed by atoms with Crippen molar-refractivity contribution in [1.29, 1.82) is 0 Å². The molecule has 2 amide bonds. The number of hydrogen-bond donors (Lipinski definition) is 0. The fourth-order valence-electron chi connectivity index (χ4n) is 5.03. The van der Waals surface area contributed by atoms with Gasteiger partial charge in [-0.15, -0.1) is 0 Å². The van der Waals surface area contributed by atoms with E-state index in [0.29, 0.717) is 29.1 Å². The molecule has 4 rings (SSSR count). The Balaban J connectivity index is 1.40. The molecule has 0 aromatic heterocycles. The predicted molar refractivity (Wildman–Crippen MR) is 137 cm³/mol. The highest BCUT2D eigenvalue weighted by Crippen LogP contribution is 2.34. The predicted octanol–water partition coefficient (Wildman–Crippen LogP) is 5.19. The molecule has 0 unspecified atom stereocenters. The Kier molecular flexibility index (Phi) is 7.21. The Labute approximate surface area is 211 Å². The molecule has 2 aromatic rings. The van der Waals surface area contributed by atoms with Crippen LogP contribution in [0.15, 0.2) is 36.4 Å². The zero-order valence-electron chi connectivity index (χ0n) is 20.2. The van der Waals surface area contributed by atoms with Crippen LogP contribution in [0, 0.1) is 18.8 Å². The average molecular weight is 516 g/mol. The van der Waals surface area contributed by atoms with Gasteiger partial charge < -0.3 is 0 Å². The summed E-state index contributed by atoms with van der Waals surface area (Å²) in [5.41, 5.74) is 2.68. The third kappa shape index (κ3) is 5.21. The first-order valence-electron chi connectivity index (χ1n) is 12.0. The molecule has 0 N–H and O–H groups in total. The standard InChI is InChI=1S/C27H30ClNO5S/c1-16(2)35(33,34)15-18-4-7-20(8-5-18)25(30)13-19-6-11-24(17(3)12-19)29-26(31)22-10-9-21(28)14-23(22)27(29)32/h6,9-12,14,16,18,20H,4-5,7-8,13,15H2,1-3H3. The second-order valence-corrected chi connectivity index (χ2v) is 13.0. The summed E-state index contributed by atoms with van der Waals surface area (Å²) in [5, 5.41) is 0.0269. The molecule has 1 fully saturated rings. The summed E-state index contributed by atoms with van der Waals surface area (Å²) in [6, 6.07) is 10.0. The average Bonchev–Trinajstić information content (AvgIpc) is 3.03. The van der Waals surface area contributed by atoms with E-state index >= 15 is 0 Å². The Morgan fingerprint density at radius 3 is 2.29 bits per heavy atom. The zero-order valence-corrected chi connectivity index (χ0v) is 21.8. The van der Waals surface area contributed by atoms with Crippen molar-refractivity contribution in [2.45, 2.75) is 58.1 Å². The van der Waals surface area contributed by atoms with Crippen molar-refractivity contribution in [2.24, 2.45) is 11.8 Å². The fourth-order valence-corrected chi connectivity index (χ4v) is 6.58. The van der Waals surface area contributed by atoms with Crippen molar-refractivity contribution < 1.29 is 22.8 Å². The van der Waals surface area contributed by atoms with Gasteiger partial charge in [-0.1, -0.05) is 23.7 Å². The maximum absolute atomic E-state index is 13.0. The van der Waals surface area contributed by atoms with Gasteiger partial charge in [-0.3, -0.25) is 14.4 Å². The molecule has 186 valence electrons. The second-order valence-electron chi connectivity index (χ2n) is 10.00. The van der Waals surface area contributed by atoms with Crippen LogP contribution < -0.4 is 4.90 Å². The Morgan fingerprint density at radius 1 is 1.00 bits per heavy atom. The number of carbonyl (C=O) groups is 3. The van der Waals surface area contributed by atoms with Gasteiger partial charge in [0.15, 0.2) is 9.84 Å². The first-order valence-corrected chi connectivity index (χ1v) is 14.1. The van der Waals surface area contributed by atoms with Gasteiger partial charge in [-0.05, 0) is 87.8 Å². The third-order valence-electron chi connectivity index (χ3n) is 7.22. The van der Waals surface area contributed by atoms with Gasteiger partial charge in [0.05, 0.1) is 27.8 Å². The maximum Gasteiger partial charge on any atom is 0.266 e. The smallest absolute Gasteiger partial charge is 0.266 e. The molecule has 0 radical (unpaired) electrons. The highest BCUT2D eigenvalue weighted by molar-refractivity contribution is 7.91. The summed E-state index contributed by atoms with van der Waals surface area (Å²) < 4.78 is 24.4. The molecule has 0 bridgehead atoms. The van der Waals surface area contributed by atoms with E-state index in [0.717, 1.165) is 28.9 Å². The molecule has 0 saturated heterocycles. The lowest BCUT2D eigenvalue weighted by molar-refractivity contribution is -0.123. The quantitative estimate of drug-likeness (QED) is 0.473. The van der Waals surface area contributed by atoms with Crippen LogP contribution in [0.5, 0.6) is 0 Å². The highest BCUT2D eigenvalue weighted by Gasteiger charge is 2.37. The van der Waals surface area contributed by atoms with Crippen molar-refractivity contribution in [3.05, 3.63) is 63.7 Å². The van der Waals surface area contributed by atoms with Crippen molar-refractivity contribution in [2.75, 3.05) is 10.7 Å². The minimum Gasteiger partial charge on any atom is -0.299 e. The Hall–Kier alpha value is -2.51. The van der Waals surface area contributed by atoms with Crippen LogP contribution in [-0.4, -0.2) is 37.0 Å². The van der Waals surface area contributed by atoms with Gasteiger partial charge in [-0.2, -0.15) is 0 Å². The number of Topliss-reactive ketones (excluding diaryl/α,β-unsaturated/α-hetero) is 1. The van der Waals surface area contributed by atoms with E-state index in [1.807, 2.05) is 13.0 Å². The van der Waals surface area contributed by atoms with Crippen LogP contribution in [0.25, 0.3) is 0 Å². The van der Waals surface area contributed by atoms with Crippen LogP contribution in [-0.2, 0) is 21.1 Å². The van der Waals surface area contributed by atoms with Crippen molar-refractivity contribution in [3.63, 3.8) is 0 Å². The van der Waals surface area contributed by atoms with Crippen LogP contribution in [0.2, 0.25) is 5.02 Å². The number of imide groups is 1. The van der Waals surface area contributed by atoms with E-state index in [9.17, 15) is 22.8 Å². The summed E-state index contributed by atoms with van der Waals surface area (Å²) in [6.07, 6.45) is 3.21. The van der Waals surface area contributed by atoms with Gasteiger partial charge in [0, 0.05) is 17.4 Å². The summed E-state index contributed by atoms with van der Waals surface area (Å²) in [5.74, 6) is -0.370. The van der Waals surface area contributed by atoms with Crippen LogP contribution >= 0.6 is 11.6 Å². The molecule has 2 aliphatic rings. The lowest BCUT2D eigenvalue weighted by atomic mass is 9.79. The van der Waals surface area contributed by atoms with Crippen LogP contribution in [0.1, 0.15) is 71.4 Å². The first-order chi connectivity index (χ1) is 16.5. The molecular weight excluding hydrogens is 486 g/mol. The molecule has 1 aliphatic heterocycles. The number of amides is 2. The van der Waals surface area contributed by atoms with Crippen molar-refractivity contribution >= 4 is 44.7 Å². The molecule has 8 heteroatoms. The number of ketones is 1. The number of hydrogen-bond acceptors (Lipinski definition) is 5. The summed E-state index contributed by atoms with van der Waals surface area (Å²) >= 11 is 6.00. The van der Waals surface area contributed by atoms with Gasteiger partial charge >= 0.3 is 0 Å². The van der Waals surface area contributed by atoms with E-state index in [1.54, 1.807) is 38.1 Å². The summed E-state index contributed by atoms with van der Waals surface area (Å²) in [7, 11) is -3.07. The lowest BCUT2D eigenvalue weighted by Crippen LogP contribution is -2.30.